The van der Waals surface area contributed by atoms with E-state index in [1.165, 1.54) is 0 Å². The molecule has 0 bridgehead atoms. The average molecular weight is 292 g/mol. The molecule has 22 heavy (non-hydrogen) atoms. The summed E-state index contributed by atoms with van der Waals surface area (Å²) in [7, 11) is 0. The second kappa shape index (κ2) is 7.04. The second-order valence-electron chi connectivity index (χ2n) is 4.85. The van der Waals surface area contributed by atoms with Crippen LogP contribution in [0.3, 0.4) is 0 Å². The van der Waals surface area contributed by atoms with Crippen molar-refractivity contribution in [2.75, 3.05) is 0 Å². The Labute approximate surface area is 128 Å². The summed E-state index contributed by atoms with van der Waals surface area (Å²) >= 11 is 0. The van der Waals surface area contributed by atoms with E-state index in [0.29, 0.717) is 12.0 Å². The van der Waals surface area contributed by atoms with E-state index in [1.54, 1.807) is 24.3 Å². The van der Waals surface area contributed by atoms with E-state index < -0.39 is 11.8 Å². The van der Waals surface area contributed by atoms with Crippen molar-refractivity contribution in [3.63, 3.8) is 0 Å². The smallest absolute Gasteiger partial charge is 0.256 e. The Hall–Kier alpha value is -3.13. The highest BCUT2D eigenvalue weighted by atomic mass is 16.1. The fraction of sp³-hybridized carbons (Fsp3) is 0.118. The number of carbonyl (C=O) groups excluding carboxylic acids is 1. The summed E-state index contributed by atoms with van der Waals surface area (Å²) in [6.07, 6.45) is 0.488. The first kappa shape index (κ1) is 15.3. The Morgan fingerprint density at radius 3 is 2.27 bits per heavy atom. The molecule has 110 valence electrons. The fourth-order valence-corrected chi connectivity index (χ4v) is 2.19. The molecule has 0 aliphatic rings. The van der Waals surface area contributed by atoms with E-state index in [1.807, 2.05) is 30.3 Å². The van der Waals surface area contributed by atoms with Crippen molar-refractivity contribution in [2.45, 2.75) is 12.3 Å². The number of amides is 1. The van der Waals surface area contributed by atoms with Crippen LogP contribution in [0.2, 0.25) is 0 Å². The van der Waals surface area contributed by atoms with E-state index in [4.69, 9.17) is 16.7 Å². The quantitative estimate of drug-likeness (QED) is 0.660. The summed E-state index contributed by atoms with van der Waals surface area (Å²) in [5.74, 6) is -1.14. The lowest BCUT2D eigenvalue weighted by Crippen LogP contribution is -2.26. The zero-order chi connectivity index (χ0) is 15.9. The van der Waals surface area contributed by atoms with E-state index in [-0.39, 0.29) is 5.96 Å². The van der Waals surface area contributed by atoms with E-state index in [9.17, 15) is 4.79 Å². The monoisotopic (exact) mass is 292 g/mol. The summed E-state index contributed by atoms with van der Waals surface area (Å²) in [6, 6.07) is 18.5. The number of nitriles is 1. The zero-order valence-corrected chi connectivity index (χ0v) is 11.9. The number of hydrogen-bond donors (Lipinski definition) is 2. The number of guanidine groups is 1. The summed E-state index contributed by atoms with van der Waals surface area (Å²) in [4.78, 5) is 16.0. The zero-order valence-electron chi connectivity index (χ0n) is 11.9. The van der Waals surface area contributed by atoms with Gasteiger partial charge in [0.2, 0.25) is 0 Å². The van der Waals surface area contributed by atoms with Crippen molar-refractivity contribution in [3.8, 4) is 6.07 Å². The van der Waals surface area contributed by atoms with Gasteiger partial charge in [-0.2, -0.15) is 10.3 Å². The number of nitrogens with zero attached hydrogens (tertiary/aromatic N) is 2. The third-order valence-corrected chi connectivity index (χ3v) is 3.26. The molecule has 0 heterocycles. The molecule has 0 saturated heterocycles. The number of hydrogen-bond acceptors (Lipinski definition) is 2. The third kappa shape index (κ3) is 3.93. The minimum absolute atomic E-state index is 0.253. The van der Waals surface area contributed by atoms with Gasteiger partial charge in [0, 0.05) is 0 Å². The average Bonchev–Trinajstić information content (AvgIpc) is 2.53. The summed E-state index contributed by atoms with van der Waals surface area (Å²) in [6.45, 7) is 0. The van der Waals surface area contributed by atoms with Gasteiger partial charge in [-0.05, 0) is 29.7 Å². The second-order valence-corrected chi connectivity index (χ2v) is 4.85. The van der Waals surface area contributed by atoms with Crippen LogP contribution in [-0.2, 0) is 11.2 Å². The van der Waals surface area contributed by atoms with Gasteiger partial charge < -0.3 is 11.5 Å². The molecule has 0 spiro atoms. The van der Waals surface area contributed by atoms with Crippen molar-refractivity contribution in [1.29, 1.82) is 5.26 Å². The lowest BCUT2D eigenvalue weighted by Gasteiger charge is -2.14. The molecular weight excluding hydrogens is 276 g/mol. The van der Waals surface area contributed by atoms with Crippen LogP contribution in [0.4, 0.5) is 0 Å². The van der Waals surface area contributed by atoms with Crippen LogP contribution in [0.5, 0.6) is 0 Å². The minimum atomic E-state index is -0.489. The Bertz CT molecular complexity index is 711. The van der Waals surface area contributed by atoms with Crippen LogP contribution in [0.25, 0.3) is 0 Å². The Kier molecular flexibility index (Phi) is 4.89. The van der Waals surface area contributed by atoms with E-state index >= 15 is 0 Å². The maximum atomic E-state index is 12.3. The highest BCUT2D eigenvalue weighted by molar-refractivity contribution is 5.95. The first-order valence-electron chi connectivity index (χ1n) is 6.77. The molecule has 1 amide bonds. The van der Waals surface area contributed by atoms with Crippen LogP contribution in [-0.4, -0.2) is 11.9 Å². The van der Waals surface area contributed by atoms with Gasteiger partial charge in [-0.25, -0.2) is 0 Å². The van der Waals surface area contributed by atoms with Gasteiger partial charge in [0.25, 0.3) is 5.91 Å². The van der Waals surface area contributed by atoms with E-state index in [2.05, 4.69) is 11.1 Å². The Morgan fingerprint density at radius 2 is 1.73 bits per heavy atom. The summed E-state index contributed by atoms with van der Waals surface area (Å²) < 4.78 is 0. The third-order valence-electron chi connectivity index (χ3n) is 3.26. The number of benzene rings is 2. The standard InChI is InChI=1S/C17H16N4O/c18-11-13-6-8-14(9-7-13)15(16(22)21-17(19)20)10-12-4-2-1-3-5-12/h1-9,15H,10H2,(H4,19,20,21,22)/t15-/m0/s1. The van der Waals surface area contributed by atoms with Gasteiger partial charge in [-0.3, -0.25) is 4.79 Å². The summed E-state index contributed by atoms with van der Waals surface area (Å²) in [5.41, 5.74) is 12.9. The lowest BCUT2D eigenvalue weighted by molar-refractivity contribution is -0.119. The van der Waals surface area contributed by atoms with Gasteiger partial charge in [0.15, 0.2) is 5.96 Å². The molecule has 2 aromatic carbocycles. The first-order chi connectivity index (χ1) is 10.6. The minimum Gasteiger partial charge on any atom is -0.370 e. The van der Waals surface area contributed by atoms with Crippen molar-refractivity contribution in [3.05, 3.63) is 71.3 Å². The first-order valence-corrected chi connectivity index (χ1v) is 6.77. The molecule has 5 nitrogen and oxygen atoms in total. The largest absolute Gasteiger partial charge is 0.370 e. The van der Waals surface area contributed by atoms with Crippen molar-refractivity contribution < 1.29 is 4.79 Å². The fourth-order valence-electron chi connectivity index (χ4n) is 2.19. The molecule has 2 rings (SSSR count). The van der Waals surface area contributed by atoms with Gasteiger partial charge >= 0.3 is 0 Å². The molecule has 1 atom stereocenters. The highest BCUT2D eigenvalue weighted by Gasteiger charge is 2.21. The van der Waals surface area contributed by atoms with Crippen molar-refractivity contribution in [2.24, 2.45) is 16.5 Å². The molecule has 0 aliphatic heterocycles. The van der Waals surface area contributed by atoms with Crippen LogP contribution in [0.1, 0.15) is 22.6 Å². The SMILES string of the molecule is N#Cc1ccc([C@H](Cc2ccccc2)C(=O)N=C(N)N)cc1. The van der Waals surface area contributed by atoms with Gasteiger partial charge in [-0.1, -0.05) is 42.5 Å². The molecule has 0 unspecified atom stereocenters. The molecule has 2 aromatic rings. The maximum Gasteiger partial charge on any atom is 0.256 e. The highest BCUT2D eigenvalue weighted by Crippen LogP contribution is 2.23. The normalized spacial score (nSPS) is 11.2. The topological polar surface area (TPSA) is 105 Å². The van der Waals surface area contributed by atoms with E-state index in [0.717, 1.165) is 11.1 Å². The molecule has 0 saturated carbocycles. The van der Waals surface area contributed by atoms with Gasteiger partial charge in [0.05, 0.1) is 17.6 Å². The lowest BCUT2D eigenvalue weighted by atomic mass is 9.91. The summed E-state index contributed by atoms with van der Waals surface area (Å²) in [5, 5.41) is 8.86. The molecular formula is C17H16N4O. The number of rotatable bonds is 4. The number of carbonyl (C=O) groups is 1. The molecule has 0 aliphatic carbocycles. The molecule has 0 fully saturated rings. The maximum absolute atomic E-state index is 12.3. The molecule has 5 heteroatoms. The number of aliphatic imine (C=N–C) groups is 1. The van der Waals surface area contributed by atoms with Crippen molar-refractivity contribution >= 4 is 11.9 Å². The van der Waals surface area contributed by atoms with Crippen LogP contribution < -0.4 is 11.5 Å². The predicted octanol–water partition coefficient (Wildman–Crippen LogP) is 1.68. The molecule has 0 radical (unpaired) electrons. The van der Waals surface area contributed by atoms with Crippen LogP contribution in [0.15, 0.2) is 59.6 Å². The molecule has 0 aromatic heterocycles. The van der Waals surface area contributed by atoms with Crippen LogP contribution in [0, 0.1) is 11.3 Å². The van der Waals surface area contributed by atoms with Gasteiger partial charge in [-0.15, -0.1) is 0 Å². The Morgan fingerprint density at radius 1 is 1.09 bits per heavy atom. The van der Waals surface area contributed by atoms with Gasteiger partial charge in [0.1, 0.15) is 0 Å². The van der Waals surface area contributed by atoms with Crippen LogP contribution >= 0.6 is 0 Å². The number of nitrogens with two attached hydrogens (primary N) is 2. The van der Waals surface area contributed by atoms with Crippen molar-refractivity contribution in [1.82, 2.24) is 0 Å². The Balaban J connectivity index is 2.34. The predicted molar refractivity (Wildman–Crippen MR) is 84.9 cm³/mol. The molecule has 4 N–H and O–H groups in total.